The first kappa shape index (κ1) is 11.6. The second-order valence-corrected chi connectivity index (χ2v) is 4.44. The van der Waals surface area contributed by atoms with E-state index in [4.69, 9.17) is 0 Å². The molecule has 0 atom stereocenters. The largest absolute Gasteiger partial charge is 0.445 e. The van der Waals surface area contributed by atoms with Crippen molar-refractivity contribution >= 4 is 16.5 Å². The van der Waals surface area contributed by atoms with Crippen LogP contribution in [0, 0.1) is 0 Å². The maximum atomic E-state index is 12.3. The van der Waals surface area contributed by atoms with E-state index < -0.39 is 11.2 Å². The van der Waals surface area contributed by atoms with Crippen LogP contribution in [-0.2, 0) is 6.18 Å². The summed E-state index contributed by atoms with van der Waals surface area (Å²) in [5, 5.41) is 9.32. The fourth-order valence-corrected chi connectivity index (χ4v) is 2.34. The van der Waals surface area contributed by atoms with Crippen molar-refractivity contribution in [2.24, 2.45) is 0 Å². The quantitative estimate of drug-likeness (QED) is 0.881. The van der Waals surface area contributed by atoms with Gasteiger partial charge in [-0.05, 0) is 6.92 Å². The van der Waals surface area contributed by atoms with Crippen molar-refractivity contribution in [1.29, 1.82) is 0 Å². The van der Waals surface area contributed by atoms with Crippen LogP contribution in [-0.4, -0.2) is 35.9 Å². The lowest BCUT2D eigenvalue weighted by Crippen LogP contribution is -2.57. The number of likely N-dealkylation sites (N-methyl/N-ethyl adjacent to an activating group) is 1. The molecule has 16 heavy (non-hydrogen) atoms. The van der Waals surface area contributed by atoms with Crippen molar-refractivity contribution in [3.8, 4) is 0 Å². The minimum atomic E-state index is -4.40. The summed E-state index contributed by atoms with van der Waals surface area (Å²) in [4.78, 5) is 1.85. The van der Waals surface area contributed by atoms with Crippen molar-refractivity contribution in [1.82, 2.24) is 15.5 Å². The highest BCUT2D eigenvalue weighted by Gasteiger charge is 2.37. The zero-order valence-corrected chi connectivity index (χ0v) is 9.40. The highest BCUT2D eigenvalue weighted by molar-refractivity contribution is 7.15. The molecule has 0 radical (unpaired) electrons. The Hall–Kier alpha value is -0.890. The predicted molar refractivity (Wildman–Crippen MR) is 54.6 cm³/mol. The van der Waals surface area contributed by atoms with Gasteiger partial charge in [0.15, 0.2) is 0 Å². The van der Waals surface area contributed by atoms with Gasteiger partial charge in [-0.15, -0.1) is 10.2 Å². The molecule has 0 bridgehead atoms. The average Bonchev–Trinajstić information content (AvgIpc) is 2.58. The van der Waals surface area contributed by atoms with Crippen LogP contribution in [0.2, 0.25) is 0 Å². The lowest BCUT2D eigenvalue weighted by Gasteiger charge is -2.37. The molecule has 1 fully saturated rings. The van der Waals surface area contributed by atoms with Gasteiger partial charge < -0.3 is 10.2 Å². The third-order valence-electron chi connectivity index (χ3n) is 2.44. The zero-order valence-electron chi connectivity index (χ0n) is 8.58. The number of nitrogens with zero attached hydrogens (tertiary/aromatic N) is 3. The van der Waals surface area contributed by atoms with Crippen LogP contribution >= 0.6 is 11.3 Å². The van der Waals surface area contributed by atoms with Gasteiger partial charge in [-0.25, -0.2) is 0 Å². The number of alkyl halides is 3. The third kappa shape index (κ3) is 2.12. The normalized spacial score (nSPS) is 17.2. The lowest BCUT2D eigenvalue weighted by atomic mass is 10.1. The Kier molecular flexibility index (Phi) is 3.02. The second-order valence-electron chi connectivity index (χ2n) is 3.49. The molecule has 1 aliphatic heterocycles. The Balaban J connectivity index is 2.16. The number of anilines is 1. The minimum absolute atomic E-state index is 0.235. The van der Waals surface area contributed by atoms with Gasteiger partial charge in [0.25, 0.3) is 0 Å². The second kappa shape index (κ2) is 4.17. The third-order valence-corrected chi connectivity index (χ3v) is 3.45. The van der Waals surface area contributed by atoms with Crippen molar-refractivity contribution < 1.29 is 13.2 Å². The van der Waals surface area contributed by atoms with Gasteiger partial charge in [-0.1, -0.05) is 11.3 Å². The van der Waals surface area contributed by atoms with E-state index in [1.54, 1.807) is 0 Å². The van der Waals surface area contributed by atoms with Crippen molar-refractivity contribution in [2.75, 3.05) is 24.5 Å². The highest BCUT2D eigenvalue weighted by atomic mass is 32.1. The molecule has 1 aromatic rings. The number of hydrogen-bond donors (Lipinski definition) is 1. The predicted octanol–water partition coefficient (Wildman–Crippen LogP) is 1.35. The molecule has 1 saturated heterocycles. The monoisotopic (exact) mass is 252 g/mol. The molecule has 0 spiro atoms. The molecule has 0 unspecified atom stereocenters. The summed E-state index contributed by atoms with van der Waals surface area (Å²) >= 11 is 0.601. The SMILES string of the molecule is CCN(c1nnc(C(F)(F)F)s1)C1CNC1. The molecule has 8 heteroatoms. The van der Waals surface area contributed by atoms with Crippen molar-refractivity contribution in [3.05, 3.63) is 5.01 Å². The van der Waals surface area contributed by atoms with Crippen LogP contribution < -0.4 is 10.2 Å². The topological polar surface area (TPSA) is 41.1 Å². The van der Waals surface area contributed by atoms with E-state index in [1.807, 2.05) is 11.8 Å². The number of rotatable bonds is 3. The fraction of sp³-hybridized carbons (Fsp3) is 0.750. The average molecular weight is 252 g/mol. The Bertz CT molecular complexity index is 360. The number of halogens is 3. The van der Waals surface area contributed by atoms with Gasteiger partial charge in [0.05, 0.1) is 6.04 Å². The minimum Gasteiger partial charge on any atom is -0.341 e. The van der Waals surface area contributed by atoms with Crippen LogP contribution in [0.5, 0.6) is 0 Å². The smallest absolute Gasteiger partial charge is 0.341 e. The van der Waals surface area contributed by atoms with Gasteiger partial charge in [0.2, 0.25) is 10.1 Å². The molecule has 2 rings (SSSR count). The zero-order chi connectivity index (χ0) is 11.8. The van der Waals surface area contributed by atoms with Crippen molar-refractivity contribution in [2.45, 2.75) is 19.1 Å². The van der Waals surface area contributed by atoms with E-state index in [-0.39, 0.29) is 6.04 Å². The fourth-order valence-electron chi connectivity index (χ4n) is 1.49. The van der Waals surface area contributed by atoms with E-state index in [2.05, 4.69) is 15.5 Å². The molecule has 90 valence electrons. The van der Waals surface area contributed by atoms with Crippen LogP contribution in [0.25, 0.3) is 0 Å². The summed E-state index contributed by atoms with van der Waals surface area (Å²) in [6.45, 7) is 4.11. The standard InChI is InChI=1S/C8H11F3N4S/c1-2-15(5-3-12-4-5)7-14-13-6(16-7)8(9,10)11/h5,12H,2-4H2,1H3. The Morgan fingerprint density at radius 3 is 2.50 bits per heavy atom. The maximum Gasteiger partial charge on any atom is 0.445 e. The molecule has 0 amide bonds. The summed E-state index contributed by atoms with van der Waals surface area (Å²) in [7, 11) is 0. The van der Waals surface area contributed by atoms with E-state index in [9.17, 15) is 13.2 Å². The van der Waals surface area contributed by atoms with E-state index in [1.165, 1.54) is 0 Å². The molecule has 2 heterocycles. The van der Waals surface area contributed by atoms with Crippen LogP contribution in [0.1, 0.15) is 11.9 Å². The Labute approximate surface area is 94.5 Å². The van der Waals surface area contributed by atoms with Gasteiger partial charge in [-0.2, -0.15) is 13.2 Å². The number of hydrogen-bond acceptors (Lipinski definition) is 5. The van der Waals surface area contributed by atoms with Crippen LogP contribution in [0.3, 0.4) is 0 Å². The summed E-state index contributed by atoms with van der Waals surface area (Å²) in [6, 6.07) is 0.235. The summed E-state index contributed by atoms with van der Waals surface area (Å²) < 4.78 is 37.0. The van der Waals surface area contributed by atoms with E-state index >= 15 is 0 Å². The first-order valence-corrected chi connectivity index (χ1v) is 5.72. The molecule has 4 nitrogen and oxygen atoms in total. The maximum absolute atomic E-state index is 12.3. The Morgan fingerprint density at radius 1 is 1.44 bits per heavy atom. The molecule has 1 aliphatic rings. The molecular formula is C8H11F3N4S. The van der Waals surface area contributed by atoms with Gasteiger partial charge in [0.1, 0.15) is 0 Å². The first-order valence-electron chi connectivity index (χ1n) is 4.90. The molecule has 1 N–H and O–H groups in total. The van der Waals surface area contributed by atoms with Gasteiger partial charge in [-0.3, -0.25) is 0 Å². The van der Waals surface area contributed by atoms with E-state index in [0.29, 0.717) is 23.0 Å². The van der Waals surface area contributed by atoms with Gasteiger partial charge >= 0.3 is 6.18 Å². The summed E-state index contributed by atoms with van der Waals surface area (Å²) in [5.41, 5.74) is 0. The van der Waals surface area contributed by atoms with Crippen molar-refractivity contribution in [3.63, 3.8) is 0 Å². The number of nitrogens with one attached hydrogen (secondary N) is 1. The summed E-state index contributed by atoms with van der Waals surface area (Å²) in [5.74, 6) is 0. The highest BCUT2D eigenvalue weighted by Crippen LogP contribution is 2.34. The van der Waals surface area contributed by atoms with Gasteiger partial charge in [0, 0.05) is 19.6 Å². The van der Waals surface area contributed by atoms with E-state index in [0.717, 1.165) is 13.1 Å². The lowest BCUT2D eigenvalue weighted by molar-refractivity contribution is -0.138. The molecule has 0 aromatic carbocycles. The molecule has 0 aliphatic carbocycles. The molecular weight excluding hydrogens is 241 g/mol. The summed E-state index contributed by atoms with van der Waals surface area (Å²) in [6.07, 6.45) is -4.40. The number of aromatic nitrogens is 2. The van der Waals surface area contributed by atoms with Crippen LogP contribution in [0.4, 0.5) is 18.3 Å². The molecule has 1 aromatic heterocycles. The van der Waals surface area contributed by atoms with Crippen LogP contribution in [0.15, 0.2) is 0 Å². The Morgan fingerprint density at radius 2 is 2.12 bits per heavy atom. The molecule has 0 saturated carbocycles. The first-order chi connectivity index (χ1) is 7.52.